The first-order chi connectivity index (χ1) is 16.2. The van der Waals surface area contributed by atoms with E-state index in [0.29, 0.717) is 12.8 Å². The SMILES string of the molecule is CCCC(C)(NC(=O)OCC1c2ccccc2-c2ccccc21)C(=O)N[C@@H](CC(=O)O)C(C)C. The Morgan fingerprint density at radius 2 is 1.59 bits per heavy atom. The number of carboxylic acids is 1. The van der Waals surface area contributed by atoms with Crippen molar-refractivity contribution in [3.8, 4) is 11.1 Å². The number of carboxylic acid groups (broad SMARTS) is 1. The summed E-state index contributed by atoms with van der Waals surface area (Å²) in [7, 11) is 0. The first-order valence-electron chi connectivity index (χ1n) is 11.8. The molecule has 3 N–H and O–H groups in total. The third-order valence-corrected chi connectivity index (χ3v) is 6.49. The van der Waals surface area contributed by atoms with Crippen LogP contribution in [0.5, 0.6) is 0 Å². The smallest absolute Gasteiger partial charge is 0.408 e. The summed E-state index contributed by atoms with van der Waals surface area (Å²) in [6.45, 7) is 7.42. The summed E-state index contributed by atoms with van der Waals surface area (Å²) in [4.78, 5) is 37.1. The molecule has 7 nitrogen and oxygen atoms in total. The number of amides is 2. The van der Waals surface area contributed by atoms with Crippen molar-refractivity contribution in [1.29, 1.82) is 0 Å². The average molecular weight is 467 g/mol. The van der Waals surface area contributed by atoms with Crippen molar-refractivity contribution < 1.29 is 24.2 Å². The van der Waals surface area contributed by atoms with Crippen molar-refractivity contribution >= 4 is 18.0 Å². The monoisotopic (exact) mass is 466 g/mol. The number of fused-ring (bicyclic) bond motifs is 3. The summed E-state index contributed by atoms with van der Waals surface area (Å²) < 4.78 is 5.62. The molecule has 0 fully saturated rings. The van der Waals surface area contributed by atoms with Crippen molar-refractivity contribution in [3.63, 3.8) is 0 Å². The molecule has 0 saturated carbocycles. The molecule has 2 atom stereocenters. The van der Waals surface area contributed by atoms with Crippen LogP contribution in [-0.2, 0) is 14.3 Å². The van der Waals surface area contributed by atoms with Gasteiger partial charge in [0.25, 0.3) is 0 Å². The zero-order valence-corrected chi connectivity index (χ0v) is 20.3. The Bertz CT molecular complexity index is 1010. The van der Waals surface area contributed by atoms with Gasteiger partial charge in [0, 0.05) is 12.0 Å². The molecule has 1 aliphatic rings. The molecular weight excluding hydrogens is 432 g/mol. The highest BCUT2D eigenvalue weighted by Gasteiger charge is 2.37. The van der Waals surface area contributed by atoms with Crippen molar-refractivity contribution in [2.75, 3.05) is 6.61 Å². The van der Waals surface area contributed by atoms with Gasteiger partial charge in [0.2, 0.25) is 5.91 Å². The molecule has 1 aliphatic carbocycles. The fourth-order valence-electron chi connectivity index (χ4n) is 4.56. The van der Waals surface area contributed by atoms with Crippen LogP contribution in [0.2, 0.25) is 0 Å². The van der Waals surface area contributed by atoms with Crippen molar-refractivity contribution in [2.24, 2.45) is 5.92 Å². The standard InChI is InChI=1S/C27H34N2O5/c1-5-14-27(4,25(32)28-23(17(2)3)15-24(30)31)29-26(33)34-16-22-20-12-8-6-10-18(20)19-11-7-9-13-21(19)22/h6-13,17,22-23H,5,14-16H2,1-4H3,(H,28,32)(H,29,33)(H,30,31)/t23-,27?/m0/s1. The number of hydrogen-bond donors (Lipinski definition) is 3. The third-order valence-electron chi connectivity index (χ3n) is 6.49. The molecule has 2 aromatic rings. The second-order valence-corrected chi connectivity index (χ2v) is 9.45. The van der Waals surface area contributed by atoms with Gasteiger partial charge in [0.05, 0.1) is 6.42 Å². The summed E-state index contributed by atoms with van der Waals surface area (Å²) in [6, 6.07) is 15.6. The molecule has 2 aromatic carbocycles. The highest BCUT2D eigenvalue weighted by atomic mass is 16.5. The van der Waals surface area contributed by atoms with E-state index in [9.17, 15) is 14.4 Å². The lowest BCUT2D eigenvalue weighted by molar-refractivity contribution is -0.138. The van der Waals surface area contributed by atoms with Gasteiger partial charge in [-0.15, -0.1) is 0 Å². The predicted octanol–water partition coefficient (Wildman–Crippen LogP) is 4.70. The average Bonchev–Trinajstić information content (AvgIpc) is 3.10. The number of carbonyl (C=O) groups excluding carboxylic acids is 2. The van der Waals surface area contributed by atoms with Gasteiger partial charge in [-0.1, -0.05) is 75.7 Å². The minimum absolute atomic E-state index is 0.0691. The van der Waals surface area contributed by atoms with Crippen LogP contribution in [0.4, 0.5) is 4.79 Å². The highest BCUT2D eigenvalue weighted by molar-refractivity contribution is 5.90. The molecule has 7 heteroatoms. The van der Waals surface area contributed by atoms with Crippen molar-refractivity contribution in [1.82, 2.24) is 10.6 Å². The summed E-state index contributed by atoms with van der Waals surface area (Å²) in [5.41, 5.74) is 3.28. The van der Waals surface area contributed by atoms with E-state index in [1.54, 1.807) is 6.92 Å². The zero-order chi connectivity index (χ0) is 24.9. The number of benzene rings is 2. The van der Waals surface area contributed by atoms with Crippen LogP contribution in [0, 0.1) is 5.92 Å². The van der Waals surface area contributed by atoms with Crippen molar-refractivity contribution in [2.45, 2.75) is 64.5 Å². The Hall–Kier alpha value is -3.35. The van der Waals surface area contributed by atoms with Crippen LogP contribution in [0.25, 0.3) is 11.1 Å². The highest BCUT2D eigenvalue weighted by Crippen LogP contribution is 2.44. The number of carbonyl (C=O) groups is 3. The second kappa shape index (κ2) is 10.7. The van der Waals surface area contributed by atoms with Crippen LogP contribution in [-0.4, -0.2) is 41.3 Å². The molecule has 0 aliphatic heterocycles. The Kier molecular flexibility index (Phi) is 7.97. The maximum absolute atomic E-state index is 13.1. The van der Waals surface area contributed by atoms with Crippen LogP contribution < -0.4 is 10.6 Å². The van der Waals surface area contributed by atoms with E-state index in [0.717, 1.165) is 22.3 Å². The molecule has 182 valence electrons. The number of rotatable bonds is 10. The summed E-state index contributed by atoms with van der Waals surface area (Å²) in [5.74, 6) is -1.55. The van der Waals surface area contributed by atoms with E-state index < -0.39 is 29.6 Å². The molecule has 3 rings (SSSR count). The summed E-state index contributed by atoms with van der Waals surface area (Å²) in [5, 5.41) is 14.7. The molecule has 2 amide bonds. The lowest BCUT2D eigenvalue weighted by atomic mass is 9.93. The van der Waals surface area contributed by atoms with E-state index in [1.165, 1.54) is 0 Å². The van der Waals surface area contributed by atoms with Crippen LogP contribution in [0.1, 0.15) is 64.0 Å². The lowest BCUT2D eigenvalue weighted by Gasteiger charge is -2.32. The largest absolute Gasteiger partial charge is 0.481 e. The molecule has 0 aromatic heterocycles. The Balaban J connectivity index is 1.69. The molecule has 0 saturated heterocycles. The van der Waals surface area contributed by atoms with Gasteiger partial charge >= 0.3 is 12.1 Å². The van der Waals surface area contributed by atoms with Gasteiger partial charge in [-0.3, -0.25) is 9.59 Å². The quantitative estimate of drug-likeness (QED) is 0.471. The number of aliphatic carboxylic acids is 1. The van der Waals surface area contributed by atoms with Crippen LogP contribution in [0.3, 0.4) is 0 Å². The first kappa shape index (κ1) is 25.3. The Labute approximate surface area is 200 Å². The number of ether oxygens (including phenoxy) is 1. The minimum atomic E-state index is -1.22. The fraction of sp³-hybridized carbons (Fsp3) is 0.444. The molecule has 1 unspecified atom stereocenters. The normalized spacial score (nSPS) is 15.1. The minimum Gasteiger partial charge on any atom is -0.481 e. The van der Waals surface area contributed by atoms with E-state index >= 15 is 0 Å². The molecule has 0 bridgehead atoms. The zero-order valence-electron chi connectivity index (χ0n) is 20.3. The topological polar surface area (TPSA) is 105 Å². The second-order valence-electron chi connectivity index (χ2n) is 9.45. The van der Waals surface area contributed by atoms with Gasteiger partial charge in [0.15, 0.2) is 0 Å². The fourth-order valence-corrected chi connectivity index (χ4v) is 4.56. The third kappa shape index (κ3) is 5.58. The van der Waals surface area contributed by atoms with Gasteiger partial charge in [-0.2, -0.15) is 0 Å². The Morgan fingerprint density at radius 1 is 1.03 bits per heavy atom. The molecule has 0 spiro atoms. The van der Waals surface area contributed by atoms with E-state index in [-0.39, 0.29) is 24.9 Å². The molecular formula is C27H34N2O5. The van der Waals surface area contributed by atoms with E-state index in [1.807, 2.05) is 57.2 Å². The van der Waals surface area contributed by atoms with Crippen LogP contribution >= 0.6 is 0 Å². The van der Waals surface area contributed by atoms with Gasteiger partial charge in [-0.25, -0.2) is 4.79 Å². The number of alkyl carbamates (subject to hydrolysis) is 1. The maximum atomic E-state index is 13.1. The van der Waals surface area contributed by atoms with E-state index in [2.05, 4.69) is 22.8 Å². The molecule has 34 heavy (non-hydrogen) atoms. The molecule has 0 radical (unpaired) electrons. The lowest BCUT2D eigenvalue weighted by Crippen LogP contribution is -2.59. The van der Waals surface area contributed by atoms with Gasteiger partial charge in [0.1, 0.15) is 12.1 Å². The van der Waals surface area contributed by atoms with Gasteiger partial charge < -0.3 is 20.5 Å². The van der Waals surface area contributed by atoms with Gasteiger partial charge in [-0.05, 0) is 41.5 Å². The summed E-state index contributed by atoms with van der Waals surface area (Å²) in [6.07, 6.45) is 0.184. The maximum Gasteiger partial charge on any atom is 0.408 e. The number of nitrogens with one attached hydrogen (secondary N) is 2. The van der Waals surface area contributed by atoms with Crippen LogP contribution in [0.15, 0.2) is 48.5 Å². The predicted molar refractivity (Wildman–Crippen MR) is 131 cm³/mol. The first-order valence-corrected chi connectivity index (χ1v) is 11.8. The van der Waals surface area contributed by atoms with Crippen molar-refractivity contribution in [3.05, 3.63) is 59.7 Å². The number of hydrogen-bond acceptors (Lipinski definition) is 4. The van der Waals surface area contributed by atoms with E-state index in [4.69, 9.17) is 9.84 Å². The molecule has 0 heterocycles. The Morgan fingerprint density at radius 3 is 2.09 bits per heavy atom. The summed E-state index contributed by atoms with van der Waals surface area (Å²) >= 11 is 0.